The SMILES string of the molecule is CCCCC(C)(C)c1ccc(CN(Cc2cccc(N(CC(=O)OC(C)(C)C)C(=O)OC(C)(C)C)n2)S(=O)(=O)c2ccccc2)cc1. The number of nitrogens with zero attached hydrogens (tertiary/aromatic N) is 3. The van der Waals surface area contributed by atoms with Gasteiger partial charge in [-0.15, -0.1) is 0 Å². The Morgan fingerprint density at radius 2 is 1.38 bits per heavy atom. The zero-order valence-electron chi connectivity index (χ0n) is 29.4. The van der Waals surface area contributed by atoms with Gasteiger partial charge >= 0.3 is 12.1 Å². The summed E-state index contributed by atoms with van der Waals surface area (Å²) in [6, 6.07) is 21.3. The first kappa shape index (κ1) is 37.7. The number of carbonyl (C=O) groups is 2. The summed E-state index contributed by atoms with van der Waals surface area (Å²) in [5, 5.41) is 0. The molecule has 47 heavy (non-hydrogen) atoms. The average Bonchev–Trinajstić information content (AvgIpc) is 2.97. The molecule has 0 saturated carbocycles. The molecule has 0 atom stereocenters. The Morgan fingerprint density at radius 1 is 0.766 bits per heavy atom. The van der Waals surface area contributed by atoms with Crippen molar-refractivity contribution < 1.29 is 27.5 Å². The summed E-state index contributed by atoms with van der Waals surface area (Å²) >= 11 is 0. The van der Waals surface area contributed by atoms with Gasteiger partial charge in [0.1, 0.15) is 23.6 Å². The third kappa shape index (κ3) is 11.5. The molecule has 10 heteroatoms. The first-order chi connectivity index (χ1) is 21.8. The molecule has 0 unspecified atom stereocenters. The number of hydrogen-bond acceptors (Lipinski definition) is 7. The van der Waals surface area contributed by atoms with Gasteiger partial charge in [0.2, 0.25) is 10.0 Å². The van der Waals surface area contributed by atoms with Crippen LogP contribution in [0.1, 0.15) is 98.4 Å². The summed E-state index contributed by atoms with van der Waals surface area (Å²) in [4.78, 5) is 32.0. The van der Waals surface area contributed by atoms with E-state index < -0.39 is 39.8 Å². The van der Waals surface area contributed by atoms with Gasteiger partial charge in [-0.2, -0.15) is 4.31 Å². The molecular formula is C37H51N3O6S. The lowest BCUT2D eigenvalue weighted by Gasteiger charge is -2.28. The van der Waals surface area contributed by atoms with Crippen molar-refractivity contribution in [1.29, 1.82) is 0 Å². The summed E-state index contributed by atoms with van der Waals surface area (Å²) < 4.78 is 40.4. The maximum Gasteiger partial charge on any atom is 0.416 e. The largest absolute Gasteiger partial charge is 0.459 e. The van der Waals surface area contributed by atoms with Crippen LogP contribution in [0.5, 0.6) is 0 Å². The summed E-state index contributed by atoms with van der Waals surface area (Å²) in [5.41, 5.74) is 0.833. The lowest BCUT2D eigenvalue weighted by molar-refractivity contribution is -0.153. The molecule has 3 rings (SSSR count). The van der Waals surface area contributed by atoms with Gasteiger partial charge in [0.15, 0.2) is 0 Å². The number of hydrogen-bond donors (Lipinski definition) is 0. The molecule has 0 saturated heterocycles. The van der Waals surface area contributed by atoms with Gasteiger partial charge in [-0.25, -0.2) is 18.2 Å². The minimum atomic E-state index is -3.95. The molecule has 2 aromatic carbocycles. The first-order valence-corrected chi connectivity index (χ1v) is 17.6. The van der Waals surface area contributed by atoms with Gasteiger partial charge in [0.25, 0.3) is 0 Å². The predicted molar refractivity (Wildman–Crippen MR) is 186 cm³/mol. The van der Waals surface area contributed by atoms with Gasteiger partial charge < -0.3 is 9.47 Å². The van der Waals surface area contributed by atoms with Crippen LogP contribution in [0.2, 0.25) is 0 Å². The van der Waals surface area contributed by atoms with E-state index >= 15 is 0 Å². The molecule has 256 valence electrons. The zero-order valence-corrected chi connectivity index (χ0v) is 30.2. The lowest BCUT2D eigenvalue weighted by Crippen LogP contribution is -2.42. The van der Waals surface area contributed by atoms with Crippen molar-refractivity contribution in [1.82, 2.24) is 9.29 Å². The first-order valence-electron chi connectivity index (χ1n) is 16.1. The maximum atomic E-state index is 14.0. The van der Waals surface area contributed by atoms with E-state index in [1.807, 2.05) is 12.1 Å². The molecule has 9 nitrogen and oxygen atoms in total. The zero-order chi connectivity index (χ0) is 35.0. The highest BCUT2D eigenvalue weighted by atomic mass is 32.2. The summed E-state index contributed by atoms with van der Waals surface area (Å²) in [7, 11) is -3.95. The van der Waals surface area contributed by atoms with E-state index in [0.717, 1.165) is 29.7 Å². The fourth-order valence-corrected chi connectivity index (χ4v) is 6.36. The Hall–Kier alpha value is -3.76. The third-order valence-electron chi connectivity index (χ3n) is 7.36. The second-order valence-corrected chi connectivity index (χ2v) is 16.3. The van der Waals surface area contributed by atoms with Crippen molar-refractivity contribution in [2.75, 3.05) is 11.4 Å². The Balaban J connectivity index is 1.98. The summed E-state index contributed by atoms with van der Waals surface area (Å²) in [5.74, 6) is -0.497. The van der Waals surface area contributed by atoms with E-state index in [1.54, 1.807) is 90.1 Å². The average molecular weight is 666 g/mol. The van der Waals surface area contributed by atoms with E-state index in [-0.39, 0.29) is 29.2 Å². The van der Waals surface area contributed by atoms with Gasteiger partial charge in [-0.05, 0) is 88.8 Å². The van der Waals surface area contributed by atoms with Crippen molar-refractivity contribution in [3.8, 4) is 0 Å². The minimum absolute atomic E-state index is 0.00795. The molecule has 0 bridgehead atoms. The minimum Gasteiger partial charge on any atom is -0.459 e. The van der Waals surface area contributed by atoms with Crippen LogP contribution in [0.3, 0.4) is 0 Å². The third-order valence-corrected chi connectivity index (χ3v) is 9.16. The number of carbonyl (C=O) groups excluding carboxylic acids is 2. The Bertz CT molecular complexity index is 1590. The summed E-state index contributed by atoms with van der Waals surface area (Å²) in [6.07, 6.45) is 2.55. The van der Waals surface area contributed by atoms with Crippen LogP contribution in [0.25, 0.3) is 0 Å². The maximum absolute atomic E-state index is 14.0. The highest BCUT2D eigenvalue weighted by Gasteiger charge is 2.30. The number of anilines is 1. The van der Waals surface area contributed by atoms with Crippen LogP contribution in [0.4, 0.5) is 10.6 Å². The highest BCUT2D eigenvalue weighted by molar-refractivity contribution is 7.89. The van der Waals surface area contributed by atoms with Crippen LogP contribution < -0.4 is 4.90 Å². The van der Waals surface area contributed by atoms with E-state index in [1.165, 1.54) is 9.87 Å². The number of unbranched alkanes of at least 4 members (excludes halogenated alkanes) is 1. The fraction of sp³-hybridized carbons (Fsp3) is 0.486. The van der Waals surface area contributed by atoms with Crippen molar-refractivity contribution in [3.63, 3.8) is 0 Å². The van der Waals surface area contributed by atoms with E-state index in [0.29, 0.717) is 5.69 Å². The van der Waals surface area contributed by atoms with Gasteiger partial charge in [0, 0.05) is 6.54 Å². The molecule has 0 aliphatic rings. The molecule has 3 aromatic rings. The van der Waals surface area contributed by atoms with Gasteiger partial charge in [-0.3, -0.25) is 9.69 Å². The smallest absolute Gasteiger partial charge is 0.416 e. The van der Waals surface area contributed by atoms with Crippen LogP contribution in [-0.4, -0.2) is 47.5 Å². The molecule has 0 spiro atoms. The molecule has 1 aromatic heterocycles. The number of sulfonamides is 1. The number of aromatic nitrogens is 1. The second kappa shape index (κ2) is 15.4. The van der Waals surface area contributed by atoms with Gasteiger partial charge in [-0.1, -0.05) is 82.1 Å². The number of pyridine rings is 1. The molecular weight excluding hydrogens is 614 g/mol. The van der Waals surface area contributed by atoms with Crippen molar-refractivity contribution >= 4 is 27.9 Å². The normalized spacial score (nSPS) is 12.6. The van der Waals surface area contributed by atoms with Crippen LogP contribution in [-0.2, 0) is 42.8 Å². The number of ether oxygens (including phenoxy) is 2. The molecule has 0 radical (unpaired) electrons. The van der Waals surface area contributed by atoms with Crippen LogP contribution in [0.15, 0.2) is 77.7 Å². The molecule has 1 amide bonds. The molecule has 1 heterocycles. The quantitative estimate of drug-likeness (QED) is 0.170. The van der Waals surface area contributed by atoms with Crippen molar-refractivity contribution in [2.45, 2.75) is 116 Å². The molecule has 0 aliphatic heterocycles. The second-order valence-electron chi connectivity index (χ2n) is 14.4. The molecule has 0 N–H and O–H groups in total. The Morgan fingerprint density at radius 3 is 1.96 bits per heavy atom. The monoisotopic (exact) mass is 665 g/mol. The molecule has 0 aliphatic carbocycles. The van der Waals surface area contributed by atoms with Crippen molar-refractivity contribution in [3.05, 3.63) is 89.6 Å². The molecule has 0 fully saturated rings. The standard InChI is InChI=1S/C37H51N3O6S/c1-10-11-24-37(8,9)29-22-20-28(21-23-29)25-39(47(43,44)31-17-13-12-14-18-31)26-30-16-15-19-32(38-30)40(34(42)46-36(5,6)7)27-33(41)45-35(2,3)4/h12-23H,10-11,24-27H2,1-9H3. The van der Waals surface area contributed by atoms with Crippen molar-refractivity contribution in [2.24, 2.45) is 0 Å². The van der Waals surface area contributed by atoms with E-state index in [4.69, 9.17) is 9.47 Å². The lowest BCUT2D eigenvalue weighted by atomic mass is 9.80. The fourth-order valence-electron chi connectivity index (χ4n) is 4.94. The highest BCUT2D eigenvalue weighted by Crippen LogP contribution is 2.30. The van der Waals surface area contributed by atoms with Crippen LogP contribution >= 0.6 is 0 Å². The Kier molecular flexibility index (Phi) is 12.4. The van der Waals surface area contributed by atoms with Gasteiger partial charge in [0.05, 0.1) is 17.1 Å². The van der Waals surface area contributed by atoms with Crippen LogP contribution in [0, 0.1) is 0 Å². The topological polar surface area (TPSA) is 106 Å². The Labute approximate surface area is 281 Å². The number of esters is 1. The number of benzene rings is 2. The predicted octanol–water partition coefficient (Wildman–Crippen LogP) is 8.02. The number of amides is 1. The summed E-state index contributed by atoms with van der Waals surface area (Å²) in [6.45, 7) is 16.6. The van der Waals surface area contributed by atoms with E-state index in [9.17, 15) is 18.0 Å². The number of rotatable bonds is 13. The van der Waals surface area contributed by atoms with E-state index in [2.05, 4.69) is 37.9 Å².